The summed E-state index contributed by atoms with van der Waals surface area (Å²) >= 11 is 1.85. The first-order valence-corrected chi connectivity index (χ1v) is 8.75. The van der Waals surface area contributed by atoms with Gasteiger partial charge in [-0.2, -0.15) is 0 Å². The average Bonchev–Trinajstić information content (AvgIpc) is 2.38. The molecule has 0 spiro atoms. The zero-order chi connectivity index (χ0) is 13.5. The Hall–Kier alpha value is -0.130. The van der Waals surface area contributed by atoms with E-state index in [1.807, 2.05) is 11.8 Å². The van der Waals surface area contributed by atoms with Gasteiger partial charge in [0.2, 0.25) is 0 Å². The zero-order valence-corrected chi connectivity index (χ0v) is 13.2. The van der Waals surface area contributed by atoms with Gasteiger partial charge in [0.15, 0.2) is 0 Å². The summed E-state index contributed by atoms with van der Waals surface area (Å²) < 4.78 is 0. The van der Waals surface area contributed by atoms with Gasteiger partial charge in [0.25, 0.3) is 0 Å². The van der Waals surface area contributed by atoms with Gasteiger partial charge in [0, 0.05) is 18.3 Å². The lowest BCUT2D eigenvalue weighted by Crippen LogP contribution is -2.31. The van der Waals surface area contributed by atoms with E-state index in [0.717, 1.165) is 24.1 Å². The Balaban J connectivity index is 3.63. The Morgan fingerprint density at radius 2 is 1.67 bits per heavy atom. The second-order valence-corrected chi connectivity index (χ2v) is 6.00. The molecule has 0 aliphatic rings. The fourth-order valence-corrected chi connectivity index (χ4v) is 2.62. The van der Waals surface area contributed by atoms with E-state index in [1.165, 1.54) is 51.4 Å². The molecule has 1 nitrogen and oxygen atoms in total. The predicted octanol–water partition coefficient (Wildman–Crippen LogP) is 4.47. The average molecular weight is 269 g/mol. The van der Waals surface area contributed by atoms with Gasteiger partial charge < -0.3 is 5.32 Å². The summed E-state index contributed by atoms with van der Waals surface area (Å²) in [6.45, 7) is 5.65. The SMILES string of the molecule is C#CCSCCNC(CCCCC)CCCCC. The van der Waals surface area contributed by atoms with Crippen LogP contribution in [0.2, 0.25) is 0 Å². The topological polar surface area (TPSA) is 12.0 Å². The van der Waals surface area contributed by atoms with Crippen molar-refractivity contribution in [2.75, 3.05) is 18.1 Å². The van der Waals surface area contributed by atoms with Crippen LogP contribution in [-0.2, 0) is 0 Å². The molecule has 0 aliphatic carbocycles. The van der Waals surface area contributed by atoms with Crippen molar-refractivity contribution >= 4 is 11.8 Å². The number of hydrogen-bond donors (Lipinski definition) is 1. The molecule has 0 aromatic carbocycles. The number of thioether (sulfide) groups is 1. The smallest absolute Gasteiger partial charge is 0.0545 e. The van der Waals surface area contributed by atoms with Crippen molar-refractivity contribution in [3.8, 4) is 12.3 Å². The fraction of sp³-hybridized carbons (Fsp3) is 0.875. The molecule has 0 atom stereocenters. The Bertz CT molecular complexity index is 188. The molecule has 0 bridgehead atoms. The maximum Gasteiger partial charge on any atom is 0.0545 e. The van der Waals surface area contributed by atoms with Gasteiger partial charge in [-0.25, -0.2) is 0 Å². The second kappa shape index (κ2) is 14.9. The highest BCUT2D eigenvalue weighted by molar-refractivity contribution is 7.99. The lowest BCUT2D eigenvalue weighted by molar-refractivity contribution is 0.428. The molecular weight excluding hydrogens is 238 g/mol. The van der Waals surface area contributed by atoms with E-state index in [9.17, 15) is 0 Å². The minimum absolute atomic E-state index is 0.731. The standard InChI is InChI=1S/C16H31NS/c1-4-7-9-11-16(12-10-8-5-2)17-13-15-18-14-6-3/h3,16-17H,4-5,7-15H2,1-2H3. The van der Waals surface area contributed by atoms with Crippen molar-refractivity contribution in [1.29, 1.82) is 0 Å². The van der Waals surface area contributed by atoms with Crippen LogP contribution in [0, 0.1) is 12.3 Å². The number of terminal acetylenes is 1. The Labute approximate surface area is 119 Å². The second-order valence-electron chi connectivity index (χ2n) is 4.90. The Morgan fingerprint density at radius 1 is 1.06 bits per heavy atom. The molecule has 0 rings (SSSR count). The van der Waals surface area contributed by atoms with Crippen LogP contribution in [0.4, 0.5) is 0 Å². The highest BCUT2D eigenvalue weighted by atomic mass is 32.2. The monoisotopic (exact) mass is 269 g/mol. The molecule has 0 aliphatic heterocycles. The van der Waals surface area contributed by atoms with E-state index in [0.29, 0.717) is 0 Å². The molecule has 0 unspecified atom stereocenters. The lowest BCUT2D eigenvalue weighted by atomic mass is 10.0. The molecule has 0 fully saturated rings. The molecule has 18 heavy (non-hydrogen) atoms. The number of hydrogen-bond acceptors (Lipinski definition) is 2. The van der Waals surface area contributed by atoms with Gasteiger partial charge in [0.05, 0.1) is 5.75 Å². The van der Waals surface area contributed by atoms with E-state index in [-0.39, 0.29) is 0 Å². The van der Waals surface area contributed by atoms with Crippen molar-refractivity contribution in [2.45, 2.75) is 71.3 Å². The van der Waals surface area contributed by atoms with Crippen LogP contribution in [0.15, 0.2) is 0 Å². The number of nitrogens with one attached hydrogen (secondary N) is 1. The third kappa shape index (κ3) is 12.3. The summed E-state index contributed by atoms with van der Waals surface area (Å²) in [5, 5.41) is 3.71. The van der Waals surface area contributed by atoms with Crippen LogP contribution in [0.5, 0.6) is 0 Å². The zero-order valence-electron chi connectivity index (χ0n) is 12.3. The van der Waals surface area contributed by atoms with Gasteiger partial charge >= 0.3 is 0 Å². The minimum atomic E-state index is 0.731. The molecule has 0 amide bonds. The van der Waals surface area contributed by atoms with Crippen LogP contribution in [0.25, 0.3) is 0 Å². The quantitative estimate of drug-likeness (QED) is 0.391. The predicted molar refractivity (Wildman–Crippen MR) is 86.2 cm³/mol. The summed E-state index contributed by atoms with van der Waals surface area (Å²) in [4.78, 5) is 0. The van der Waals surface area contributed by atoms with Crippen molar-refractivity contribution in [3.63, 3.8) is 0 Å². The largest absolute Gasteiger partial charge is 0.313 e. The minimum Gasteiger partial charge on any atom is -0.313 e. The van der Waals surface area contributed by atoms with Gasteiger partial charge in [-0.3, -0.25) is 0 Å². The fourth-order valence-electron chi connectivity index (χ4n) is 2.10. The first kappa shape index (κ1) is 17.9. The van der Waals surface area contributed by atoms with E-state index in [4.69, 9.17) is 6.42 Å². The van der Waals surface area contributed by atoms with E-state index in [2.05, 4.69) is 25.1 Å². The molecular formula is C16H31NS. The van der Waals surface area contributed by atoms with E-state index >= 15 is 0 Å². The van der Waals surface area contributed by atoms with Gasteiger partial charge in [0.1, 0.15) is 0 Å². The van der Waals surface area contributed by atoms with E-state index in [1.54, 1.807) is 0 Å². The third-order valence-corrected chi connectivity index (χ3v) is 4.04. The Morgan fingerprint density at radius 3 is 2.17 bits per heavy atom. The van der Waals surface area contributed by atoms with Crippen LogP contribution in [0.1, 0.15) is 65.2 Å². The third-order valence-electron chi connectivity index (χ3n) is 3.18. The van der Waals surface area contributed by atoms with Crippen molar-refractivity contribution in [3.05, 3.63) is 0 Å². The summed E-state index contributed by atoms with van der Waals surface area (Å²) in [7, 11) is 0. The van der Waals surface area contributed by atoms with Gasteiger partial charge in [-0.15, -0.1) is 18.2 Å². The van der Waals surface area contributed by atoms with Gasteiger partial charge in [-0.05, 0) is 12.8 Å². The number of rotatable bonds is 13. The molecule has 0 aromatic heterocycles. The molecule has 0 saturated carbocycles. The first-order chi connectivity index (χ1) is 8.85. The van der Waals surface area contributed by atoms with Gasteiger partial charge in [-0.1, -0.05) is 58.3 Å². The summed E-state index contributed by atoms with van der Waals surface area (Å²) in [5.74, 6) is 4.66. The highest BCUT2D eigenvalue weighted by Crippen LogP contribution is 2.11. The molecule has 0 radical (unpaired) electrons. The molecule has 0 saturated heterocycles. The van der Waals surface area contributed by atoms with Crippen molar-refractivity contribution < 1.29 is 0 Å². The Kier molecular flexibility index (Phi) is 14.8. The number of unbranched alkanes of at least 4 members (excludes halogenated alkanes) is 4. The maximum atomic E-state index is 5.24. The molecule has 106 valence electrons. The van der Waals surface area contributed by atoms with E-state index < -0.39 is 0 Å². The van der Waals surface area contributed by atoms with Crippen LogP contribution in [-0.4, -0.2) is 24.1 Å². The lowest BCUT2D eigenvalue weighted by Gasteiger charge is -2.18. The van der Waals surface area contributed by atoms with Crippen molar-refractivity contribution in [1.82, 2.24) is 5.32 Å². The summed E-state index contributed by atoms with van der Waals surface area (Å²) in [6, 6.07) is 0.731. The normalized spacial score (nSPS) is 10.8. The summed E-state index contributed by atoms with van der Waals surface area (Å²) in [6.07, 6.45) is 16.1. The molecule has 2 heteroatoms. The van der Waals surface area contributed by atoms with Crippen LogP contribution in [0.3, 0.4) is 0 Å². The highest BCUT2D eigenvalue weighted by Gasteiger charge is 2.06. The van der Waals surface area contributed by atoms with Crippen molar-refractivity contribution in [2.24, 2.45) is 0 Å². The molecule has 1 N–H and O–H groups in total. The molecule has 0 heterocycles. The molecule has 0 aromatic rings. The van der Waals surface area contributed by atoms with Crippen LogP contribution < -0.4 is 5.32 Å². The maximum absolute atomic E-state index is 5.24. The van der Waals surface area contributed by atoms with Crippen LogP contribution >= 0.6 is 11.8 Å². The first-order valence-electron chi connectivity index (χ1n) is 7.59. The summed E-state index contributed by atoms with van der Waals surface area (Å²) in [5.41, 5.74) is 0.